The van der Waals surface area contributed by atoms with E-state index in [1.165, 1.54) is 0 Å². The summed E-state index contributed by atoms with van der Waals surface area (Å²) < 4.78 is 44.1. The van der Waals surface area contributed by atoms with Gasteiger partial charge in [-0.05, 0) is 31.9 Å². The van der Waals surface area contributed by atoms with Gasteiger partial charge in [-0.1, -0.05) is 30.5 Å². The summed E-state index contributed by atoms with van der Waals surface area (Å²) in [5.74, 6) is -1.44. The number of hydrogen-bond acceptors (Lipinski definition) is 2. The third-order valence-corrected chi connectivity index (χ3v) is 3.92. The molecule has 2 rings (SSSR count). The molecule has 6 heteroatoms. The molecule has 1 fully saturated rings. The first-order valence-corrected chi connectivity index (χ1v) is 7.42. The molecule has 3 nitrogen and oxygen atoms in total. The number of carbonyl (C=O) groups is 1. The summed E-state index contributed by atoms with van der Waals surface area (Å²) in [6.07, 6.45) is -2.57. The summed E-state index contributed by atoms with van der Waals surface area (Å²) in [5, 5.41) is 2.47. The van der Waals surface area contributed by atoms with Crippen molar-refractivity contribution in [1.29, 1.82) is 0 Å². The van der Waals surface area contributed by atoms with Crippen LogP contribution in [0, 0.1) is 12.8 Å². The molecule has 1 saturated carbocycles. The SMILES string of the molecule is Cc1ccc(OCC(=O)NC2CCCCC2C(F)(F)F)cc1. The fourth-order valence-electron chi connectivity index (χ4n) is 2.73. The number of nitrogens with one attached hydrogen (secondary N) is 1. The molecule has 122 valence electrons. The van der Waals surface area contributed by atoms with Gasteiger partial charge in [0, 0.05) is 6.04 Å². The van der Waals surface area contributed by atoms with Crippen molar-refractivity contribution < 1.29 is 22.7 Å². The molecule has 0 spiro atoms. The maximum Gasteiger partial charge on any atom is 0.393 e. The quantitative estimate of drug-likeness (QED) is 0.922. The Kier molecular flexibility index (Phi) is 5.32. The lowest BCUT2D eigenvalue weighted by molar-refractivity contribution is -0.189. The first kappa shape index (κ1) is 16.6. The third kappa shape index (κ3) is 4.64. The number of amides is 1. The van der Waals surface area contributed by atoms with Crippen LogP contribution in [-0.4, -0.2) is 24.7 Å². The molecule has 2 unspecified atom stereocenters. The second kappa shape index (κ2) is 7.03. The lowest BCUT2D eigenvalue weighted by Gasteiger charge is -2.33. The van der Waals surface area contributed by atoms with Crippen LogP contribution in [0.5, 0.6) is 5.75 Å². The van der Waals surface area contributed by atoms with Crippen molar-refractivity contribution in [2.45, 2.75) is 44.8 Å². The van der Waals surface area contributed by atoms with Crippen LogP contribution < -0.4 is 10.1 Å². The minimum absolute atomic E-state index is 0.0767. The molecule has 0 aromatic heterocycles. The van der Waals surface area contributed by atoms with Crippen LogP contribution in [0.3, 0.4) is 0 Å². The standard InChI is InChI=1S/C16H20F3NO2/c1-11-6-8-12(9-7-11)22-10-15(21)20-14-5-3-2-4-13(14)16(17,18)19/h6-9,13-14H,2-5,10H2,1H3,(H,20,21). The van der Waals surface area contributed by atoms with Gasteiger partial charge >= 0.3 is 6.18 Å². The summed E-state index contributed by atoms with van der Waals surface area (Å²) >= 11 is 0. The molecule has 1 aliphatic carbocycles. The van der Waals surface area contributed by atoms with Crippen molar-refractivity contribution in [3.63, 3.8) is 0 Å². The Bertz CT molecular complexity index is 499. The van der Waals surface area contributed by atoms with Crippen molar-refractivity contribution in [1.82, 2.24) is 5.32 Å². The van der Waals surface area contributed by atoms with E-state index in [9.17, 15) is 18.0 Å². The fraction of sp³-hybridized carbons (Fsp3) is 0.562. The smallest absolute Gasteiger partial charge is 0.393 e. The molecule has 1 aromatic carbocycles. The average molecular weight is 315 g/mol. The van der Waals surface area contributed by atoms with Gasteiger partial charge in [0.25, 0.3) is 5.91 Å². The molecule has 1 amide bonds. The minimum Gasteiger partial charge on any atom is -0.484 e. The Morgan fingerprint density at radius 3 is 2.50 bits per heavy atom. The minimum atomic E-state index is -4.27. The van der Waals surface area contributed by atoms with Gasteiger partial charge in [-0.15, -0.1) is 0 Å². The van der Waals surface area contributed by atoms with E-state index in [-0.39, 0.29) is 13.0 Å². The first-order valence-electron chi connectivity index (χ1n) is 7.42. The summed E-state index contributed by atoms with van der Waals surface area (Å²) in [5.41, 5.74) is 1.06. The highest BCUT2D eigenvalue weighted by Gasteiger charge is 2.45. The van der Waals surface area contributed by atoms with Crippen molar-refractivity contribution in [2.24, 2.45) is 5.92 Å². The number of aryl methyl sites for hydroxylation is 1. The summed E-state index contributed by atoms with van der Waals surface area (Å²) in [7, 11) is 0. The number of rotatable bonds is 4. The van der Waals surface area contributed by atoms with Crippen LogP contribution in [0.2, 0.25) is 0 Å². The van der Waals surface area contributed by atoms with E-state index in [0.717, 1.165) is 5.56 Å². The normalized spacial score (nSPS) is 22.2. The topological polar surface area (TPSA) is 38.3 Å². The maximum atomic E-state index is 12.9. The van der Waals surface area contributed by atoms with E-state index in [1.807, 2.05) is 19.1 Å². The highest BCUT2D eigenvalue weighted by molar-refractivity contribution is 5.77. The van der Waals surface area contributed by atoms with Crippen LogP contribution in [-0.2, 0) is 4.79 Å². The van der Waals surface area contributed by atoms with Gasteiger partial charge in [0.15, 0.2) is 6.61 Å². The van der Waals surface area contributed by atoms with E-state index < -0.39 is 24.0 Å². The van der Waals surface area contributed by atoms with E-state index in [2.05, 4.69) is 5.32 Å². The Morgan fingerprint density at radius 1 is 1.23 bits per heavy atom. The average Bonchev–Trinajstić information content (AvgIpc) is 2.46. The van der Waals surface area contributed by atoms with Gasteiger partial charge in [-0.25, -0.2) is 0 Å². The predicted octanol–water partition coefficient (Wildman–Crippen LogP) is 3.61. The third-order valence-electron chi connectivity index (χ3n) is 3.92. The zero-order chi connectivity index (χ0) is 16.2. The molecule has 0 aliphatic heterocycles. The van der Waals surface area contributed by atoms with Crippen molar-refractivity contribution in [2.75, 3.05) is 6.61 Å². The number of hydrogen-bond donors (Lipinski definition) is 1. The lowest BCUT2D eigenvalue weighted by Crippen LogP contribution is -2.48. The fourth-order valence-corrected chi connectivity index (χ4v) is 2.73. The maximum absolute atomic E-state index is 12.9. The zero-order valence-electron chi connectivity index (χ0n) is 12.5. The number of carbonyl (C=O) groups excluding carboxylic acids is 1. The lowest BCUT2D eigenvalue weighted by atomic mass is 9.84. The van der Waals surface area contributed by atoms with Crippen LogP contribution in [0.1, 0.15) is 31.2 Å². The zero-order valence-corrected chi connectivity index (χ0v) is 12.5. The van der Waals surface area contributed by atoms with E-state index in [0.29, 0.717) is 25.0 Å². The second-order valence-electron chi connectivity index (χ2n) is 5.71. The Labute approximate surface area is 127 Å². The Balaban J connectivity index is 1.86. The van der Waals surface area contributed by atoms with E-state index in [4.69, 9.17) is 4.74 Å². The molecule has 1 N–H and O–H groups in total. The van der Waals surface area contributed by atoms with Gasteiger partial charge in [0.05, 0.1) is 5.92 Å². The molecule has 0 saturated heterocycles. The summed E-state index contributed by atoms with van der Waals surface area (Å²) in [6, 6.07) is 6.29. The predicted molar refractivity (Wildman–Crippen MR) is 76.6 cm³/mol. The molecule has 0 heterocycles. The summed E-state index contributed by atoms with van der Waals surface area (Å²) in [6.45, 7) is 1.65. The second-order valence-corrected chi connectivity index (χ2v) is 5.71. The van der Waals surface area contributed by atoms with Crippen LogP contribution in [0.15, 0.2) is 24.3 Å². The van der Waals surface area contributed by atoms with Crippen molar-refractivity contribution in [3.8, 4) is 5.75 Å². The molecule has 22 heavy (non-hydrogen) atoms. The largest absolute Gasteiger partial charge is 0.484 e. The van der Waals surface area contributed by atoms with Gasteiger partial charge in [0.1, 0.15) is 5.75 Å². The number of halogens is 3. The number of ether oxygens (including phenoxy) is 1. The summed E-state index contributed by atoms with van der Waals surface area (Å²) in [4.78, 5) is 11.8. The van der Waals surface area contributed by atoms with Crippen molar-refractivity contribution in [3.05, 3.63) is 29.8 Å². The van der Waals surface area contributed by atoms with Crippen LogP contribution >= 0.6 is 0 Å². The number of alkyl halides is 3. The van der Waals surface area contributed by atoms with Gasteiger partial charge in [0.2, 0.25) is 0 Å². The van der Waals surface area contributed by atoms with Gasteiger partial charge < -0.3 is 10.1 Å². The van der Waals surface area contributed by atoms with Crippen LogP contribution in [0.25, 0.3) is 0 Å². The first-order chi connectivity index (χ1) is 10.4. The van der Waals surface area contributed by atoms with Gasteiger partial charge in [-0.2, -0.15) is 13.2 Å². The molecule has 1 aromatic rings. The highest BCUT2D eigenvalue weighted by Crippen LogP contribution is 2.37. The molecule has 2 atom stereocenters. The Morgan fingerprint density at radius 2 is 1.86 bits per heavy atom. The monoisotopic (exact) mass is 315 g/mol. The van der Waals surface area contributed by atoms with Gasteiger partial charge in [-0.3, -0.25) is 4.79 Å². The van der Waals surface area contributed by atoms with Crippen LogP contribution in [0.4, 0.5) is 13.2 Å². The number of benzene rings is 1. The highest BCUT2D eigenvalue weighted by atomic mass is 19.4. The molecule has 0 radical (unpaired) electrons. The van der Waals surface area contributed by atoms with E-state index >= 15 is 0 Å². The molecule has 1 aliphatic rings. The molecule has 0 bridgehead atoms. The van der Waals surface area contributed by atoms with E-state index in [1.54, 1.807) is 12.1 Å². The molecular weight excluding hydrogens is 295 g/mol. The van der Waals surface area contributed by atoms with Crippen molar-refractivity contribution >= 4 is 5.91 Å². The molecular formula is C16H20F3NO2. The Hall–Kier alpha value is -1.72.